The Morgan fingerprint density at radius 2 is 2.15 bits per heavy atom. The summed E-state index contributed by atoms with van der Waals surface area (Å²) in [5.41, 5.74) is 5.73. The second-order valence-electron chi connectivity index (χ2n) is 2.33. The van der Waals surface area contributed by atoms with Crippen LogP contribution < -0.4 is 10.9 Å². The average molecular weight is 227 g/mol. The van der Waals surface area contributed by atoms with Crippen molar-refractivity contribution < 1.29 is 8.42 Å². The molecule has 6 nitrogen and oxygen atoms in total. The van der Waals surface area contributed by atoms with E-state index in [4.69, 9.17) is 10.9 Å². The number of sulfonamides is 1. The van der Waals surface area contributed by atoms with Gasteiger partial charge < -0.3 is 5.73 Å². The van der Waals surface area contributed by atoms with Gasteiger partial charge in [-0.25, -0.2) is 13.6 Å². The number of aryl methyl sites for hydroxylation is 1. The fourth-order valence-corrected chi connectivity index (χ4v) is 1.65. The van der Waals surface area contributed by atoms with E-state index >= 15 is 0 Å². The summed E-state index contributed by atoms with van der Waals surface area (Å²) in [6, 6.07) is 0. The van der Waals surface area contributed by atoms with Crippen LogP contribution in [0.4, 0.5) is 0 Å². The van der Waals surface area contributed by atoms with Gasteiger partial charge in [0.25, 0.3) is 0 Å². The van der Waals surface area contributed by atoms with Crippen LogP contribution >= 0.6 is 12.4 Å². The Labute approximate surface area is 82.4 Å². The second kappa shape index (κ2) is 4.05. The molecular weight excluding hydrogens is 216 g/mol. The molecule has 0 aliphatic rings. The molecule has 1 rings (SSSR count). The van der Waals surface area contributed by atoms with Gasteiger partial charge in [0.1, 0.15) is 4.90 Å². The lowest BCUT2D eigenvalue weighted by Crippen LogP contribution is -2.16. The molecule has 0 radical (unpaired) electrons. The minimum absolute atomic E-state index is 0. The number of primary sulfonamides is 1. The van der Waals surface area contributed by atoms with Crippen LogP contribution in [-0.4, -0.2) is 18.2 Å². The van der Waals surface area contributed by atoms with Gasteiger partial charge in [-0.1, -0.05) is 0 Å². The molecule has 76 valence electrons. The summed E-state index contributed by atoms with van der Waals surface area (Å²) in [6.45, 7) is 0.0995. The lowest BCUT2D eigenvalue weighted by atomic mass is 10.4. The molecule has 0 fully saturated rings. The first-order chi connectivity index (χ1) is 5.46. The van der Waals surface area contributed by atoms with E-state index in [2.05, 4.69) is 5.10 Å². The molecule has 0 aromatic carbocycles. The van der Waals surface area contributed by atoms with Crippen LogP contribution in [0.5, 0.6) is 0 Å². The molecule has 13 heavy (non-hydrogen) atoms. The van der Waals surface area contributed by atoms with Gasteiger partial charge in [0, 0.05) is 13.6 Å². The zero-order chi connectivity index (χ0) is 9.35. The fourth-order valence-electron chi connectivity index (χ4n) is 0.913. The molecule has 0 bridgehead atoms. The maximum absolute atomic E-state index is 10.9. The van der Waals surface area contributed by atoms with Gasteiger partial charge in [-0.15, -0.1) is 12.4 Å². The quantitative estimate of drug-likeness (QED) is 0.671. The van der Waals surface area contributed by atoms with Crippen molar-refractivity contribution in [3.63, 3.8) is 0 Å². The van der Waals surface area contributed by atoms with Crippen molar-refractivity contribution in [1.82, 2.24) is 9.78 Å². The van der Waals surface area contributed by atoms with Crippen LogP contribution in [0, 0.1) is 0 Å². The van der Waals surface area contributed by atoms with Gasteiger partial charge in [-0.2, -0.15) is 5.10 Å². The Morgan fingerprint density at radius 3 is 2.46 bits per heavy atom. The van der Waals surface area contributed by atoms with Crippen molar-refractivity contribution in [1.29, 1.82) is 0 Å². The van der Waals surface area contributed by atoms with Crippen LogP contribution in [0.25, 0.3) is 0 Å². The van der Waals surface area contributed by atoms with E-state index in [1.165, 1.54) is 10.9 Å². The van der Waals surface area contributed by atoms with E-state index in [9.17, 15) is 8.42 Å². The van der Waals surface area contributed by atoms with E-state index < -0.39 is 10.0 Å². The molecule has 0 atom stereocenters. The van der Waals surface area contributed by atoms with E-state index in [1.807, 2.05) is 0 Å². The number of halogens is 1. The normalized spacial score (nSPS) is 11.0. The molecule has 0 amide bonds. The van der Waals surface area contributed by atoms with Crippen molar-refractivity contribution >= 4 is 22.4 Å². The third-order valence-electron chi connectivity index (χ3n) is 1.52. The van der Waals surface area contributed by atoms with Crippen molar-refractivity contribution in [2.45, 2.75) is 11.4 Å². The van der Waals surface area contributed by atoms with Gasteiger partial charge in [0.15, 0.2) is 0 Å². The average Bonchev–Trinajstić information content (AvgIpc) is 2.29. The highest BCUT2D eigenvalue weighted by atomic mass is 35.5. The summed E-state index contributed by atoms with van der Waals surface area (Å²) >= 11 is 0. The first-order valence-electron chi connectivity index (χ1n) is 3.20. The first kappa shape index (κ1) is 12.4. The maximum Gasteiger partial charge on any atom is 0.241 e. The van der Waals surface area contributed by atoms with E-state index in [1.54, 1.807) is 7.05 Å². The van der Waals surface area contributed by atoms with E-state index in [0.717, 1.165) is 0 Å². The van der Waals surface area contributed by atoms with Gasteiger partial charge in [0.2, 0.25) is 10.0 Å². The monoisotopic (exact) mass is 226 g/mol. The Hall–Kier alpha value is -0.630. The summed E-state index contributed by atoms with van der Waals surface area (Å²) in [6.07, 6.45) is 1.19. The summed E-state index contributed by atoms with van der Waals surface area (Å²) < 4.78 is 23.2. The summed E-state index contributed by atoms with van der Waals surface area (Å²) in [7, 11) is -2.08. The fraction of sp³-hybridized carbons (Fsp3) is 0.400. The SMILES string of the molecule is Cl.Cn1ncc(S(N)(=O)=O)c1CN. The lowest BCUT2D eigenvalue weighted by molar-refractivity contribution is 0.595. The molecule has 8 heteroatoms. The molecular formula is C5H11ClN4O2S. The molecule has 0 spiro atoms. The summed E-state index contributed by atoms with van der Waals surface area (Å²) in [4.78, 5) is -0.00694. The maximum atomic E-state index is 10.9. The minimum atomic E-state index is -3.69. The third kappa shape index (κ3) is 2.41. The standard InChI is InChI=1S/C5H10N4O2S.ClH/c1-9-4(2-6)5(3-8-9)12(7,10)11;/h3H,2,6H2,1H3,(H2,7,10,11);1H. The first-order valence-corrected chi connectivity index (χ1v) is 4.75. The minimum Gasteiger partial charge on any atom is -0.325 e. The number of aromatic nitrogens is 2. The van der Waals surface area contributed by atoms with Crippen molar-refractivity contribution in [3.8, 4) is 0 Å². The van der Waals surface area contributed by atoms with Crippen LogP contribution in [0.3, 0.4) is 0 Å². The molecule has 0 saturated heterocycles. The number of hydrogen-bond donors (Lipinski definition) is 2. The Morgan fingerprint density at radius 1 is 1.62 bits per heavy atom. The zero-order valence-electron chi connectivity index (χ0n) is 6.97. The molecule has 1 aromatic heterocycles. The predicted octanol–water partition coefficient (Wildman–Crippen LogP) is -1.05. The Balaban J connectivity index is 0.00000144. The van der Waals surface area contributed by atoms with E-state index in [0.29, 0.717) is 5.69 Å². The van der Waals surface area contributed by atoms with Crippen LogP contribution in [0.15, 0.2) is 11.1 Å². The molecule has 0 aliphatic carbocycles. The van der Waals surface area contributed by atoms with Crippen molar-refractivity contribution in [3.05, 3.63) is 11.9 Å². The molecule has 1 heterocycles. The lowest BCUT2D eigenvalue weighted by Gasteiger charge is -1.99. The highest BCUT2D eigenvalue weighted by Crippen LogP contribution is 2.10. The van der Waals surface area contributed by atoms with Gasteiger partial charge >= 0.3 is 0 Å². The second-order valence-corrected chi connectivity index (χ2v) is 3.86. The largest absolute Gasteiger partial charge is 0.325 e. The van der Waals surface area contributed by atoms with Gasteiger partial charge in [-0.3, -0.25) is 4.68 Å². The highest BCUT2D eigenvalue weighted by molar-refractivity contribution is 7.89. The van der Waals surface area contributed by atoms with Crippen LogP contribution in [0.2, 0.25) is 0 Å². The number of rotatable bonds is 2. The number of nitrogens with two attached hydrogens (primary N) is 2. The molecule has 0 unspecified atom stereocenters. The molecule has 4 N–H and O–H groups in total. The van der Waals surface area contributed by atoms with Crippen LogP contribution in [-0.2, 0) is 23.6 Å². The summed E-state index contributed by atoms with van der Waals surface area (Å²) in [5, 5.41) is 8.64. The van der Waals surface area contributed by atoms with Gasteiger partial charge in [-0.05, 0) is 0 Å². The number of nitrogens with zero attached hydrogens (tertiary/aromatic N) is 2. The third-order valence-corrected chi connectivity index (χ3v) is 2.48. The Bertz CT molecular complexity index is 385. The topological polar surface area (TPSA) is 104 Å². The number of hydrogen-bond acceptors (Lipinski definition) is 4. The zero-order valence-corrected chi connectivity index (χ0v) is 8.60. The van der Waals surface area contributed by atoms with Crippen molar-refractivity contribution in [2.75, 3.05) is 0 Å². The molecule has 1 aromatic rings. The van der Waals surface area contributed by atoms with Crippen molar-refractivity contribution in [2.24, 2.45) is 17.9 Å². The van der Waals surface area contributed by atoms with Crippen LogP contribution in [0.1, 0.15) is 5.69 Å². The highest BCUT2D eigenvalue weighted by Gasteiger charge is 2.16. The molecule has 0 saturated carbocycles. The predicted molar refractivity (Wildman–Crippen MR) is 49.7 cm³/mol. The van der Waals surface area contributed by atoms with Gasteiger partial charge in [0.05, 0.1) is 11.9 Å². The summed E-state index contributed by atoms with van der Waals surface area (Å²) in [5.74, 6) is 0. The Kier molecular flexibility index (Phi) is 3.86. The molecule has 0 aliphatic heterocycles. The smallest absolute Gasteiger partial charge is 0.241 e. The van der Waals surface area contributed by atoms with E-state index in [-0.39, 0.29) is 23.8 Å².